The normalized spacial score (nSPS) is 45.6. The third-order valence-electron chi connectivity index (χ3n) is 7.82. The van der Waals surface area contributed by atoms with E-state index >= 15 is 0 Å². The van der Waals surface area contributed by atoms with Crippen LogP contribution in [-0.4, -0.2) is 17.9 Å². The number of fused-ring (bicyclic) bond motifs is 5. The fourth-order valence-corrected chi connectivity index (χ4v) is 6.58. The van der Waals surface area contributed by atoms with Crippen molar-refractivity contribution in [3.05, 3.63) is 35.7 Å². The van der Waals surface area contributed by atoms with E-state index in [-0.39, 0.29) is 28.7 Å². The zero-order valence-corrected chi connectivity index (χ0v) is 15.8. The van der Waals surface area contributed by atoms with Crippen molar-refractivity contribution in [1.29, 1.82) is 0 Å². The summed E-state index contributed by atoms with van der Waals surface area (Å²) in [7, 11) is 0. The van der Waals surface area contributed by atoms with Gasteiger partial charge in [0, 0.05) is 17.8 Å². The lowest BCUT2D eigenvalue weighted by molar-refractivity contribution is -0.156. The third-order valence-corrected chi connectivity index (χ3v) is 7.82. The van der Waals surface area contributed by atoms with Crippen LogP contribution in [0.2, 0.25) is 0 Å². The Balaban J connectivity index is 1.71. The number of halogens is 1. The molecule has 140 valence electrons. The Kier molecular flexibility index (Phi) is 4.01. The van der Waals surface area contributed by atoms with Gasteiger partial charge in [0.05, 0.1) is 6.33 Å². The van der Waals surface area contributed by atoms with E-state index in [4.69, 9.17) is 4.74 Å². The van der Waals surface area contributed by atoms with E-state index in [2.05, 4.69) is 13.8 Å². The zero-order valence-electron chi connectivity index (χ0n) is 15.8. The number of hydrogen-bond acceptors (Lipinski definition) is 3. The highest BCUT2D eigenvalue weighted by Crippen LogP contribution is 2.65. The highest BCUT2D eigenvalue weighted by molar-refractivity contribution is 6.01. The Morgan fingerprint density at radius 3 is 2.73 bits per heavy atom. The van der Waals surface area contributed by atoms with E-state index in [9.17, 15) is 14.0 Å². The highest BCUT2D eigenvalue weighted by Gasteiger charge is 2.60. The first-order valence-electron chi connectivity index (χ1n) is 9.72. The van der Waals surface area contributed by atoms with Crippen LogP contribution in [0.1, 0.15) is 52.9 Å². The Morgan fingerprint density at radius 1 is 1.27 bits per heavy atom. The molecule has 0 aromatic rings. The van der Waals surface area contributed by atoms with Crippen LogP contribution in [0.3, 0.4) is 0 Å². The lowest BCUT2D eigenvalue weighted by Crippen LogP contribution is -2.51. The molecule has 0 amide bonds. The predicted molar refractivity (Wildman–Crippen MR) is 96.7 cm³/mol. The molecule has 4 rings (SSSR count). The van der Waals surface area contributed by atoms with Crippen molar-refractivity contribution >= 4 is 11.8 Å². The Hall–Kier alpha value is -1.71. The molecule has 0 aromatic carbocycles. The van der Waals surface area contributed by atoms with Crippen LogP contribution >= 0.6 is 0 Å². The van der Waals surface area contributed by atoms with Crippen LogP contribution in [-0.2, 0) is 14.3 Å². The molecule has 3 saturated carbocycles. The standard InChI is InChI=1S/C22H27FO3/c1-13(24)26-20-5-4-17-16-10-14(12-23)19-11-15(25)6-8-21(19,2)18(16)7-9-22(17,20)3/h6,8,11-12,16-18,20H,4-5,7,9-10H2,1-3H3/t16-,17-,18-,20-,21+,22-/m0/s1. The molecule has 4 heteroatoms. The minimum Gasteiger partial charge on any atom is -0.462 e. The van der Waals surface area contributed by atoms with Gasteiger partial charge in [-0.15, -0.1) is 0 Å². The van der Waals surface area contributed by atoms with Crippen LogP contribution in [0.5, 0.6) is 0 Å². The molecule has 0 spiro atoms. The summed E-state index contributed by atoms with van der Waals surface area (Å²) in [6.07, 6.45) is 10.6. The molecule has 0 aromatic heterocycles. The van der Waals surface area contributed by atoms with Gasteiger partial charge in [-0.25, -0.2) is 4.39 Å². The summed E-state index contributed by atoms with van der Waals surface area (Å²) in [6.45, 7) is 5.89. The minimum atomic E-state index is -0.282. The Morgan fingerprint density at radius 2 is 2.04 bits per heavy atom. The monoisotopic (exact) mass is 358 g/mol. The average molecular weight is 358 g/mol. The Bertz CT molecular complexity index is 748. The maximum atomic E-state index is 13.8. The molecule has 0 heterocycles. The van der Waals surface area contributed by atoms with E-state index in [1.54, 1.807) is 12.2 Å². The number of carbonyl (C=O) groups is 2. The summed E-state index contributed by atoms with van der Waals surface area (Å²) in [5, 5.41) is 0. The summed E-state index contributed by atoms with van der Waals surface area (Å²) in [5.74, 6) is 0.918. The summed E-state index contributed by atoms with van der Waals surface area (Å²) in [5.41, 5.74) is 1.23. The van der Waals surface area contributed by atoms with Crippen molar-refractivity contribution < 1.29 is 18.7 Å². The molecular formula is C22H27FO3. The number of ether oxygens (including phenoxy) is 1. The third kappa shape index (κ3) is 2.37. The van der Waals surface area contributed by atoms with Gasteiger partial charge in [-0.2, -0.15) is 0 Å². The van der Waals surface area contributed by atoms with Gasteiger partial charge in [0.25, 0.3) is 0 Å². The van der Waals surface area contributed by atoms with Gasteiger partial charge >= 0.3 is 5.97 Å². The number of ketones is 1. The fraction of sp³-hybridized carbons (Fsp3) is 0.636. The topological polar surface area (TPSA) is 43.4 Å². The lowest BCUT2D eigenvalue weighted by atomic mass is 9.47. The van der Waals surface area contributed by atoms with Crippen LogP contribution in [0, 0.1) is 28.6 Å². The number of hydrogen-bond donors (Lipinski definition) is 0. The number of allylic oxidation sites excluding steroid dienone is 5. The fourth-order valence-electron chi connectivity index (χ4n) is 6.58. The van der Waals surface area contributed by atoms with E-state index in [1.807, 2.05) is 6.08 Å². The second-order valence-electron chi connectivity index (χ2n) is 9.01. The number of rotatable bonds is 1. The first-order chi connectivity index (χ1) is 12.3. The quantitative estimate of drug-likeness (QED) is 0.639. The van der Waals surface area contributed by atoms with Gasteiger partial charge in [0.1, 0.15) is 6.10 Å². The highest BCUT2D eigenvalue weighted by atomic mass is 19.1. The van der Waals surface area contributed by atoms with Gasteiger partial charge in [-0.05, 0) is 73.2 Å². The zero-order chi connectivity index (χ0) is 18.7. The first-order valence-corrected chi connectivity index (χ1v) is 9.72. The molecule has 3 fully saturated rings. The molecule has 0 N–H and O–H groups in total. The van der Waals surface area contributed by atoms with Gasteiger partial charge in [0.2, 0.25) is 0 Å². The predicted octanol–water partition coefficient (Wildman–Crippen LogP) is 4.69. The Labute approximate surface area is 154 Å². The van der Waals surface area contributed by atoms with Crippen molar-refractivity contribution in [2.75, 3.05) is 0 Å². The van der Waals surface area contributed by atoms with Crippen molar-refractivity contribution in [1.82, 2.24) is 0 Å². The van der Waals surface area contributed by atoms with Gasteiger partial charge in [-0.1, -0.05) is 19.9 Å². The van der Waals surface area contributed by atoms with Crippen LogP contribution in [0.15, 0.2) is 35.7 Å². The van der Waals surface area contributed by atoms with Crippen LogP contribution < -0.4 is 0 Å². The molecule has 0 unspecified atom stereocenters. The van der Waals surface area contributed by atoms with Crippen molar-refractivity contribution in [2.45, 2.75) is 59.0 Å². The SMILES string of the molecule is CC(=O)O[C@H]1CC[C@H]2[C@@H]3CC(=CF)C4=CC(=O)C=C[C@]4(C)[C@H]3CC[C@]12C. The summed E-state index contributed by atoms with van der Waals surface area (Å²) in [6, 6.07) is 0. The molecule has 3 nitrogen and oxygen atoms in total. The molecular weight excluding hydrogens is 331 g/mol. The van der Waals surface area contributed by atoms with Crippen molar-refractivity contribution in [3.63, 3.8) is 0 Å². The molecule has 6 atom stereocenters. The molecule has 4 aliphatic rings. The maximum absolute atomic E-state index is 13.8. The van der Waals surface area contributed by atoms with Crippen LogP contribution in [0.25, 0.3) is 0 Å². The van der Waals surface area contributed by atoms with Gasteiger partial charge < -0.3 is 4.74 Å². The molecule has 0 radical (unpaired) electrons. The van der Waals surface area contributed by atoms with Crippen molar-refractivity contribution in [3.8, 4) is 0 Å². The van der Waals surface area contributed by atoms with Gasteiger partial charge in [-0.3, -0.25) is 9.59 Å². The summed E-state index contributed by atoms with van der Waals surface area (Å²) >= 11 is 0. The molecule has 4 aliphatic carbocycles. The number of esters is 1. The smallest absolute Gasteiger partial charge is 0.302 e. The summed E-state index contributed by atoms with van der Waals surface area (Å²) in [4.78, 5) is 23.4. The van der Waals surface area contributed by atoms with E-state index in [0.717, 1.165) is 31.3 Å². The second kappa shape index (κ2) is 5.90. The van der Waals surface area contributed by atoms with E-state index in [0.29, 0.717) is 36.1 Å². The molecule has 0 bridgehead atoms. The minimum absolute atomic E-state index is 0.0277. The summed E-state index contributed by atoms with van der Waals surface area (Å²) < 4.78 is 19.5. The number of carbonyl (C=O) groups excluding carboxylic acids is 2. The molecule has 26 heavy (non-hydrogen) atoms. The maximum Gasteiger partial charge on any atom is 0.302 e. The first kappa shape index (κ1) is 17.7. The second-order valence-corrected chi connectivity index (χ2v) is 9.01. The molecule has 0 aliphatic heterocycles. The van der Waals surface area contributed by atoms with Gasteiger partial charge in [0.15, 0.2) is 5.78 Å². The van der Waals surface area contributed by atoms with Crippen molar-refractivity contribution in [2.24, 2.45) is 28.6 Å². The average Bonchev–Trinajstić information content (AvgIpc) is 2.91. The lowest BCUT2D eigenvalue weighted by Gasteiger charge is -2.57. The van der Waals surface area contributed by atoms with Crippen LogP contribution in [0.4, 0.5) is 4.39 Å². The largest absolute Gasteiger partial charge is 0.462 e. The van der Waals surface area contributed by atoms with E-state index in [1.165, 1.54) is 6.92 Å². The molecule has 0 saturated heterocycles. The van der Waals surface area contributed by atoms with E-state index < -0.39 is 0 Å².